The van der Waals surface area contributed by atoms with E-state index in [0.717, 1.165) is 12.8 Å². The van der Waals surface area contributed by atoms with E-state index in [1.165, 1.54) is 0 Å². The van der Waals surface area contributed by atoms with Gasteiger partial charge < -0.3 is 15.1 Å². The summed E-state index contributed by atoms with van der Waals surface area (Å²) in [6, 6.07) is 6.14. The number of hydrogen-bond donors (Lipinski definition) is 1. The number of para-hydroxylation sites is 1. The summed E-state index contributed by atoms with van der Waals surface area (Å²) in [5.41, 5.74) is 0.663. The summed E-state index contributed by atoms with van der Waals surface area (Å²) < 4.78 is 0. The highest BCUT2D eigenvalue weighted by Gasteiger charge is 2.38. The summed E-state index contributed by atoms with van der Waals surface area (Å²) in [4.78, 5) is 40.8. The van der Waals surface area contributed by atoms with Gasteiger partial charge in [0.15, 0.2) is 0 Å². The molecule has 140 valence electrons. The first kappa shape index (κ1) is 18.7. The molecule has 0 radical (unpaired) electrons. The first-order chi connectivity index (χ1) is 12.5. The first-order valence-corrected chi connectivity index (χ1v) is 9.56. The van der Waals surface area contributed by atoms with Gasteiger partial charge in [-0.2, -0.15) is 0 Å². The van der Waals surface area contributed by atoms with Gasteiger partial charge in [0.2, 0.25) is 17.7 Å². The molecule has 3 rings (SSSR count). The van der Waals surface area contributed by atoms with Crippen LogP contribution in [0.2, 0.25) is 5.02 Å². The van der Waals surface area contributed by atoms with Gasteiger partial charge in [-0.25, -0.2) is 0 Å². The molecule has 0 saturated carbocycles. The van der Waals surface area contributed by atoms with E-state index in [0.29, 0.717) is 43.1 Å². The first-order valence-electron chi connectivity index (χ1n) is 9.18. The summed E-state index contributed by atoms with van der Waals surface area (Å²) in [6.45, 7) is 2.92. The Labute approximate surface area is 158 Å². The van der Waals surface area contributed by atoms with Crippen LogP contribution in [0.1, 0.15) is 39.0 Å². The molecule has 2 aliphatic heterocycles. The molecule has 1 N–H and O–H groups in total. The van der Waals surface area contributed by atoms with E-state index < -0.39 is 12.1 Å². The minimum Gasteiger partial charge on any atom is -0.342 e. The molecule has 26 heavy (non-hydrogen) atoms. The van der Waals surface area contributed by atoms with Gasteiger partial charge in [0.05, 0.1) is 10.7 Å². The van der Waals surface area contributed by atoms with Crippen molar-refractivity contribution < 1.29 is 14.4 Å². The average molecular weight is 378 g/mol. The second kappa shape index (κ2) is 8.08. The van der Waals surface area contributed by atoms with Crippen molar-refractivity contribution in [3.63, 3.8) is 0 Å². The molecule has 0 aromatic heterocycles. The van der Waals surface area contributed by atoms with Gasteiger partial charge in [-0.1, -0.05) is 30.7 Å². The highest BCUT2D eigenvalue weighted by Crippen LogP contribution is 2.29. The van der Waals surface area contributed by atoms with Crippen molar-refractivity contribution in [3.05, 3.63) is 29.3 Å². The van der Waals surface area contributed by atoms with Crippen molar-refractivity contribution in [2.75, 3.05) is 18.0 Å². The number of halogens is 1. The van der Waals surface area contributed by atoms with Crippen LogP contribution in [0.25, 0.3) is 0 Å². The highest BCUT2D eigenvalue weighted by molar-refractivity contribution is 6.34. The Balaban J connectivity index is 1.67. The van der Waals surface area contributed by atoms with Crippen molar-refractivity contribution in [2.24, 2.45) is 0 Å². The van der Waals surface area contributed by atoms with Gasteiger partial charge in [0.25, 0.3) is 0 Å². The van der Waals surface area contributed by atoms with Crippen LogP contribution in [0.4, 0.5) is 5.69 Å². The fraction of sp³-hybridized carbons (Fsp3) is 0.526. The van der Waals surface area contributed by atoms with E-state index in [2.05, 4.69) is 5.32 Å². The number of rotatable bonds is 4. The molecule has 3 amide bonds. The third kappa shape index (κ3) is 3.70. The number of likely N-dealkylation sites (tertiary alicyclic amines) is 1. The topological polar surface area (TPSA) is 69.7 Å². The maximum atomic E-state index is 12.7. The Kier molecular flexibility index (Phi) is 5.81. The lowest BCUT2D eigenvalue weighted by molar-refractivity contribution is -0.142. The van der Waals surface area contributed by atoms with E-state index in [1.807, 2.05) is 12.1 Å². The van der Waals surface area contributed by atoms with Crippen LogP contribution < -0.4 is 10.2 Å². The van der Waals surface area contributed by atoms with E-state index >= 15 is 0 Å². The average Bonchev–Trinajstić information content (AvgIpc) is 3.01. The summed E-state index contributed by atoms with van der Waals surface area (Å²) in [6.07, 6.45) is 3.39. The fourth-order valence-electron chi connectivity index (χ4n) is 3.70. The zero-order chi connectivity index (χ0) is 18.7. The number of anilines is 1. The lowest BCUT2D eigenvalue weighted by atomic mass is 10.0. The van der Waals surface area contributed by atoms with Crippen molar-refractivity contribution >= 4 is 35.0 Å². The number of carbonyl (C=O) groups excluding carboxylic acids is 3. The Bertz CT molecular complexity index is 709. The van der Waals surface area contributed by atoms with Gasteiger partial charge in [-0.05, 0) is 37.8 Å². The van der Waals surface area contributed by atoms with Crippen molar-refractivity contribution in [3.8, 4) is 0 Å². The Morgan fingerprint density at radius 3 is 2.69 bits per heavy atom. The van der Waals surface area contributed by atoms with Crippen molar-refractivity contribution in [1.29, 1.82) is 0 Å². The molecule has 7 heteroatoms. The van der Waals surface area contributed by atoms with E-state index in [-0.39, 0.29) is 17.7 Å². The van der Waals surface area contributed by atoms with Gasteiger partial charge in [0, 0.05) is 19.5 Å². The normalized spacial score (nSPS) is 23.2. The van der Waals surface area contributed by atoms with Gasteiger partial charge in [0.1, 0.15) is 12.1 Å². The van der Waals surface area contributed by atoms with Crippen LogP contribution in [-0.4, -0.2) is 47.8 Å². The van der Waals surface area contributed by atoms with E-state index in [1.54, 1.807) is 28.9 Å². The monoisotopic (exact) mass is 377 g/mol. The number of benzene rings is 1. The van der Waals surface area contributed by atoms with Crippen LogP contribution in [-0.2, 0) is 14.4 Å². The minimum absolute atomic E-state index is 0.0136. The molecular weight excluding hydrogens is 354 g/mol. The zero-order valence-corrected chi connectivity index (χ0v) is 15.7. The fourth-order valence-corrected chi connectivity index (χ4v) is 3.94. The van der Waals surface area contributed by atoms with Gasteiger partial charge >= 0.3 is 0 Å². The smallest absolute Gasteiger partial charge is 0.249 e. The molecule has 0 aliphatic carbocycles. The molecule has 1 aromatic rings. The molecular formula is C19H24ClN3O3. The summed E-state index contributed by atoms with van der Waals surface area (Å²) >= 11 is 6.19. The molecule has 0 spiro atoms. The standard InChI is InChI=1S/C19H24ClN3O3/c1-2-17(24)22-11-6-5-9-16(22)18(25)21-14-10-12-23(19(14)26)15-8-4-3-7-13(15)20/h3-4,7-8,14,16H,2,5-6,9-12H2,1H3,(H,21,25). The lowest BCUT2D eigenvalue weighted by Crippen LogP contribution is -2.54. The summed E-state index contributed by atoms with van der Waals surface area (Å²) in [7, 11) is 0. The number of hydrogen-bond acceptors (Lipinski definition) is 3. The Morgan fingerprint density at radius 1 is 1.19 bits per heavy atom. The number of nitrogens with zero attached hydrogens (tertiary/aromatic N) is 2. The predicted octanol–water partition coefficient (Wildman–Crippen LogP) is 2.35. The molecule has 2 unspecified atom stereocenters. The maximum Gasteiger partial charge on any atom is 0.249 e. The second-order valence-electron chi connectivity index (χ2n) is 6.74. The van der Waals surface area contributed by atoms with Crippen LogP contribution >= 0.6 is 11.6 Å². The van der Waals surface area contributed by atoms with E-state index in [9.17, 15) is 14.4 Å². The Hall–Kier alpha value is -2.08. The zero-order valence-electron chi connectivity index (χ0n) is 14.9. The van der Waals surface area contributed by atoms with Crippen LogP contribution in [0.15, 0.2) is 24.3 Å². The molecule has 2 heterocycles. The molecule has 2 atom stereocenters. The highest BCUT2D eigenvalue weighted by atomic mass is 35.5. The van der Waals surface area contributed by atoms with Gasteiger partial charge in [-0.15, -0.1) is 0 Å². The lowest BCUT2D eigenvalue weighted by Gasteiger charge is -2.35. The Morgan fingerprint density at radius 2 is 1.96 bits per heavy atom. The van der Waals surface area contributed by atoms with Gasteiger partial charge in [-0.3, -0.25) is 14.4 Å². The van der Waals surface area contributed by atoms with Crippen molar-refractivity contribution in [1.82, 2.24) is 10.2 Å². The third-order valence-electron chi connectivity index (χ3n) is 5.09. The largest absolute Gasteiger partial charge is 0.342 e. The molecule has 1 aromatic carbocycles. The second-order valence-corrected chi connectivity index (χ2v) is 7.15. The molecule has 2 aliphatic rings. The quantitative estimate of drug-likeness (QED) is 0.875. The summed E-state index contributed by atoms with van der Waals surface area (Å²) in [5.74, 6) is -0.401. The van der Waals surface area contributed by atoms with Crippen molar-refractivity contribution in [2.45, 2.75) is 51.1 Å². The van der Waals surface area contributed by atoms with Crippen LogP contribution in [0, 0.1) is 0 Å². The predicted molar refractivity (Wildman–Crippen MR) is 100.0 cm³/mol. The molecule has 0 bridgehead atoms. The minimum atomic E-state index is -0.570. The summed E-state index contributed by atoms with van der Waals surface area (Å²) in [5, 5.41) is 3.37. The molecule has 2 saturated heterocycles. The maximum absolute atomic E-state index is 12.7. The number of amides is 3. The number of carbonyl (C=O) groups is 3. The number of nitrogens with one attached hydrogen (secondary N) is 1. The number of piperidine rings is 1. The SMILES string of the molecule is CCC(=O)N1CCCCC1C(=O)NC1CCN(c2ccccc2Cl)C1=O. The van der Waals surface area contributed by atoms with Crippen LogP contribution in [0.3, 0.4) is 0 Å². The van der Waals surface area contributed by atoms with Crippen LogP contribution in [0.5, 0.6) is 0 Å². The third-order valence-corrected chi connectivity index (χ3v) is 5.41. The molecule has 2 fully saturated rings. The molecule has 6 nitrogen and oxygen atoms in total. The van der Waals surface area contributed by atoms with E-state index in [4.69, 9.17) is 11.6 Å².